The van der Waals surface area contributed by atoms with E-state index in [2.05, 4.69) is 27.3 Å². The molecule has 0 saturated carbocycles. The van der Waals surface area contributed by atoms with Gasteiger partial charge in [-0.1, -0.05) is 12.1 Å². The number of aromatic nitrogens is 2. The maximum Gasteiger partial charge on any atom is 0.241 e. The zero-order valence-corrected chi connectivity index (χ0v) is 13.2. The first-order valence-electron chi connectivity index (χ1n) is 7.63. The van der Waals surface area contributed by atoms with E-state index in [-0.39, 0.29) is 0 Å². The number of nitrogens with zero attached hydrogens (tertiary/aromatic N) is 3. The van der Waals surface area contributed by atoms with Gasteiger partial charge in [0.05, 0.1) is 6.54 Å². The van der Waals surface area contributed by atoms with Gasteiger partial charge in [-0.25, -0.2) is 0 Å². The minimum atomic E-state index is 0.698. The number of hydrogen-bond acceptors (Lipinski definition) is 6. The average molecular weight is 306 g/mol. The van der Waals surface area contributed by atoms with Crippen molar-refractivity contribution in [1.82, 2.24) is 20.4 Å². The van der Waals surface area contributed by atoms with E-state index < -0.39 is 0 Å². The van der Waals surface area contributed by atoms with E-state index in [1.165, 1.54) is 12.8 Å². The summed E-state index contributed by atoms with van der Waals surface area (Å²) in [4.78, 5) is 6.91. The quantitative estimate of drug-likeness (QED) is 0.889. The Morgan fingerprint density at radius 2 is 2.29 bits per heavy atom. The van der Waals surface area contributed by atoms with Crippen molar-refractivity contribution in [3.63, 3.8) is 0 Å². The third kappa shape index (κ3) is 3.90. The van der Waals surface area contributed by atoms with Crippen molar-refractivity contribution < 1.29 is 4.52 Å². The van der Waals surface area contributed by atoms with Crippen molar-refractivity contribution in [1.29, 1.82) is 0 Å². The summed E-state index contributed by atoms with van der Waals surface area (Å²) in [5.74, 6) is 2.20. The molecule has 3 rings (SSSR count). The lowest BCUT2D eigenvalue weighted by Crippen LogP contribution is -2.36. The topological polar surface area (TPSA) is 54.2 Å². The second-order valence-corrected chi connectivity index (χ2v) is 6.32. The SMILES string of the molecule is CCN(Cc1nc(-c2ccsc2)no1)CC1CCNCC1. The Labute approximate surface area is 129 Å². The van der Waals surface area contributed by atoms with E-state index >= 15 is 0 Å². The fourth-order valence-electron chi connectivity index (χ4n) is 2.75. The van der Waals surface area contributed by atoms with Gasteiger partial charge in [0, 0.05) is 17.5 Å². The van der Waals surface area contributed by atoms with E-state index in [9.17, 15) is 0 Å². The van der Waals surface area contributed by atoms with Crippen LogP contribution in [0, 0.1) is 5.92 Å². The van der Waals surface area contributed by atoms with Gasteiger partial charge < -0.3 is 9.84 Å². The lowest BCUT2D eigenvalue weighted by atomic mass is 9.97. The molecule has 0 radical (unpaired) electrons. The highest BCUT2D eigenvalue weighted by Crippen LogP contribution is 2.20. The second-order valence-electron chi connectivity index (χ2n) is 5.54. The number of nitrogens with one attached hydrogen (secondary N) is 1. The van der Waals surface area contributed by atoms with Crippen molar-refractivity contribution in [3.05, 3.63) is 22.7 Å². The van der Waals surface area contributed by atoms with Gasteiger partial charge >= 0.3 is 0 Å². The van der Waals surface area contributed by atoms with Crippen molar-refractivity contribution >= 4 is 11.3 Å². The van der Waals surface area contributed by atoms with Gasteiger partial charge in [-0.3, -0.25) is 4.90 Å². The third-order valence-electron chi connectivity index (χ3n) is 4.03. The molecule has 1 aliphatic rings. The minimum absolute atomic E-state index is 0.698. The first kappa shape index (κ1) is 14.7. The molecule has 0 bridgehead atoms. The van der Waals surface area contributed by atoms with Gasteiger partial charge in [0.2, 0.25) is 11.7 Å². The number of piperidine rings is 1. The minimum Gasteiger partial charge on any atom is -0.338 e. The van der Waals surface area contributed by atoms with E-state index in [1.54, 1.807) is 11.3 Å². The molecule has 21 heavy (non-hydrogen) atoms. The monoisotopic (exact) mass is 306 g/mol. The largest absolute Gasteiger partial charge is 0.338 e. The number of thiophene rings is 1. The normalized spacial score (nSPS) is 16.7. The van der Waals surface area contributed by atoms with Crippen LogP contribution in [0.25, 0.3) is 11.4 Å². The van der Waals surface area contributed by atoms with Gasteiger partial charge in [0.15, 0.2) is 0 Å². The van der Waals surface area contributed by atoms with Gasteiger partial charge in [-0.05, 0) is 49.8 Å². The Hall–Kier alpha value is -1.24. The Morgan fingerprint density at radius 3 is 3.00 bits per heavy atom. The Bertz CT molecular complexity index is 534. The van der Waals surface area contributed by atoms with Crippen LogP contribution < -0.4 is 5.32 Å². The van der Waals surface area contributed by atoms with Crippen LogP contribution in [-0.2, 0) is 6.54 Å². The lowest BCUT2D eigenvalue weighted by Gasteiger charge is -2.28. The van der Waals surface area contributed by atoms with E-state index in [4.69, 9.17) is 4.52 Å². The Kier molecular flexibility index (Phi) is 5.00. The highest BCUT2D eigenvalue weighted by molar-refractivity contribution is 7.08. The summed E-state index contributed by atoms with van der Waals surface area (Å²) >= 11 is 1.65. The van der Waals surface area contributed by atoms with Crippen LogP contribution in [0.2, 0.25) is 0 Å². The molecule has 0 aromatic carbocycles. The molecule has 0 amide bonds. The zero-order chi connectivity index (χ0) is 14.5. The first-order valence-corrected chi connectivity index (χ1v) is 8.57. The van der Waals surface area contributed by atoms with Gasteiger partial charge in [-0.15, -0.1) is 0 Å². The molecule has 2 aromatic rings. The summed E-state index contributed by atoms with van der Waals surface area (Å²) in [6, 6.07) is 2.02. The standard InChI is InChI=1S/C15H22N4OS/c1-2-19(9-12-3-6-16-7-4-12)10-14-17-15(18-20-14)13-5-8-21-11-13/h5,8,11-12,16H,2-4,6-7,9-10H2,1H3. The number of rotatable bonds is 6. The molecule has 1 saturated heterocycles. The molecule has 3 heterocycles. The Morgan fingerprint density at radius 1 is 1.43 bits per heavy atom. The molecule has 0 atom stereocenters. The van der Waals surface area contributed by atoms with Crippen molar-refractivity contribution in [2.75, 3.05) is 26.2 Å². The highest BCUT2D eigenvalue weighted by Gasteiger charge is 2.18. The summed E-state index contributed by atoms with van der Waals surface area (Å²) in [6.07, 6.45) is 2.53. The molecule has 5 nitrogen and oxygen atoms in total. The summed E-state index contributed by atoms with van der Waals surface area (Å²) in [5, 5.41) is 11.6. The van der Waals surface area contributed by atoms with Crippen LogP contribution >= 0.6 is 11.3 Å². The van der Waals surface area contributed by atoms with E-state index in [1.807, 2.05) is 16.8 Å². The number of hydrogen-bond donors (Lipinski definition) is 1. The second kappa shape index (κ2) is 7.15. The molecule has 2 aromatic heterocycles. The molecule has 1 N–H and O–H groups in total. The molecular formula is C15H22N4OS. The zero-order valence-electron chi connectivity index (χ0n) is 12.4. The summed E-state index contributed by atoms with van der Waals surface area (Å²) in [7, 11) is 0. The molecule has 0 spiro atoms. The van der Waals surface area contributed by atoms with Crippen molar-refractivity contribution in [2.24, 2.45) is 5.92 Å². The van der Waals surface area contributed by atoms with Crippen LogP contribution in [0.1, 0.15) is 25.7 Å². The highest BCUT2D eigenvalue weighted by atomic mass is 32.1. The summed E-state index contributed by atoms with van der Waals surface area (Å²) < 4.78 is 5.40. The van der Waals surface area contributed by atoms with Crippen molar-refractivity contribution in [3.8, 4) is 11.4 Å². The summed E-state index contributed by atoms with van der Waals surface area (Å²) in [6.45, 7) is 7.36. The van der Waals surface area contributed by atoms with Crippen molar-refractivity contribution in [2.45, 2.75) is 26.3 Å². The third-order valence-corrected chi connectivity index (χ3v) is 4.71. The molecular weight excluding hydrogens is 284 g/mol. The van der Waals surface area contributed by atoms with E-state index in [0.717, 1.165) is 44.2 Å². The van der Waals surface area contributed by atoms with Crippen LogP contribution in [0.15, 0.2) is 21.3 Å². The molecule has 1 aliphatic heterocycles. The maximum atomic E-state index is 5.40. The molecule has 114 valence electrons. The maximum absolute atomic E-state index is 5.40. The van der Waals surface area contributed by atoms with Crippen LogP contribution in [0.5, 0.6) is 0 Å². The predicted octanol–water partition coefficient (Wildman–Crippen LogP) is 2.62. The molecule has 0 aliphatic carbocycles. The van der Waals surface area contributed by atoms with Gasteiger partial charge in [-0.2, -0.15) is 16.3 Å². The summed E-state index contributed by atoms with van der Waals surface area (Å²) in [5.41, 5.74) is 1.04. The fraction of sp³-hybridized carbons (Fsp3) is 0.600. The van der Waals surface area contributed by atoms with Gasteiger partial charge in [0.1, 0.15) is 0 Å². The first-order chi connectivity index (χ1) is 10.3. The smallest absolute Gasteiger partial charge is 0.241 e. The molecule has 6 heteroatoms. The van der Waals surface area contributed by atoms with Gasteiger partial charge in [0.25, 0.3) is 0 Å². The molecule has 0 unspecified atom stereocenters. The predicted molar refractivity (Wildman–Crippen MR) is 84.2 cm³/mol. The average Bonchev–Trinajstić information content (AvgIpc) is 3.18. The lowest BCUT2D eigenvalue weighted by molar-refractivity contribution is 0.185. The fourth-order valence-corrected chi connectivity index (χ4v) is 3.39. The van der Waals surface area contributed by atoms with Crippen LogP contribution in [0.3, 0.4) is 0 Å². The van der Waals surface area contributed by atoms with Crippen LogP contribution in [0.4, 0.5) is 0 Å². The van der Waals surface area contributed by atoms with E-state index in [0.29, 0.717) is 11.7 Å². The Balaban J connectivity index is 1.58. The van der Waals surface area contributed by atoms with Crippen LogP contribution in [-0.4, -0.2) is 41.2 Å². The molecule has 1 fully saturated rings.